The molecule has 0 aliphatic rings. The van der Waals surface area contributed by atoms with Crippen molar-refractivity contribution in [3.05, 3.63) is 71.3 Å². The molecular formula is C17H16N2O2. The number of nitrogens with one attached hydrogen (secondary N) is 1. The number of rotatable bonds is 4. The van der Waals surface area contributed by atoms with E-state index in [4.69, 9.17) is 11.1 Å². The molecule has 0 atom stereocenters. The highest BCUT2D eigenvalue weighted by molar-refractivity contribution is 6.11. The van der Waals surface area contributed by atoms with Gasteiger partial charge in [0.15, 0.2) is 0 Å². The number of anilines is 1. The summed E-state index contributed by atoms with van der Waals surface area (Å²) in [6.45, 7) is 0. The van der Waals surface area contributed by atoms with Crippen LogP contribution in [-0.4, -0.2) is 18.8 Å². The molecule has 0 saturated heterocycles. The number of benzene rings is 2. The topological polar surface area (TPSA) is 76.2 Å². The first kappa shape index (κ1) is 14.5. The summed E-state index contributed by atoms with van der Waals surface area (Å²) in [5, 5.41) is 8.02. The minimum absolute atomic E-state index is 0.338. The summed E-state index contributed by atoms with van der Waals surface area (Å²) in [7, 11) is 1.35. The molecule has 0 heterocycles. The number of ether oxygens (including phenoxy) is 1. The minimum Gasteiger partial charge on any atom is -0.465 e. The van der Waals surface area contributed by atoms with Crippen molar-refractivity contribution in [2.45, 2.75) is 0 Å². The Labute approximate surface area is 123 Å². The Morgan fingerprint density at radius 2 is 1.81 bits per heavy atom. The SMILES string of the molecule is COC(=O)c1ccc(/C=C/C(=N)c2ccccc2N)cc1. The zero-order chi connectivity index (χ0) is 15.2. The fraction of sp³-hybridized carbons (Fsp3) is 0.0588. The second-order valence-corrected chi connectivity index (χ2v) is 4.45. The van der Waals surface area contributed by atoms with Crippen molar-refractivity contribution >= 4 is 23.4 Å². The molecule has 0 fully saturated rings. The standard InChI is InChI=1S/C17H16N2O2/c1-21-17(20)13-9-6-12(7-10-13)8-11-16(19)14-4-2-3-5-15(14)18/h2-11,19H,18H2,1H3/b11-8+,19-16?. The lowest BCUT2D eigenvalue weighted by Crippen LogP contribution is -2.01. The number of carbonyl (C=O) groups excluding carboxylic acids is 1. The maximum atomic E-state index is 11.3. The molecule has 4 heteroatoms. The summed E-state index contributed by atoms with van der Waals surface area (Å²) in [5.74, 6) is -0.365. The van der Waals surface area contributed by atoms with Gasteiger partial charge < -0.3 is 15.9 Å². The Morgan fingerprint density at radius 3 is 2.43 bits per heavy atom. The predicted octanol–water partition coefficient (Wildman–Crippen LogP) is 3.14. The number of esters is 1. The van der Waals surface area contributed by atoms with E-state index >= 15 is 0 Å². The van der Waals surface area contributed by atoms with E-state index in [9.17, 15) is 4.79 Å². The first-order valence-electron chi connectivity index (χ1n) is 6.41. The summed E-state index contributed by atoms with van der Waals surface area (Å²) in [4.78, 5) is 11.3. The molecule has 2 aromatic rings. The van der Waals surface area contributed by atoms with Gasteiger partial charge in [0.25, 0.3) is 0 Å². The monoisotopic (exact) mass is 280 g/mol. The Hall–Kier alpha value is -2.88. The van der Waals surface area contributed by atoms with Crippen molar-refractivity contribution in [2.24, 2.45) is 0 Å². The second kappa shape index (κ2) is 6.52. The van der Waals surface area contributed by atoms with E-state index in [1.165, 1.54) is 7.11 Å². The number of hydrogen-bond acceptors (Lipinski definition) is 4. The quantitative estimate of drug-likeness (QED) is 0.513. The number of allylic oxidation sites excluding steroid dienone is 1. The lowest BCUT2D eigenvalue weighted by Gasteiger charge is -2.03. The van der Waals surface area contributed by atoms with E-state index in [0.29, 0.717) is 22.5 Å². The smallest absolute Gasteiger partial charge is 0.337 e. The molecule has 2 rings (SSSR count). The molecule has 106 valence electrons. The molecule has 21 heavy (non-hydrogen) atoms. The van der Waals surface area contributed by atoms with Crippen LogP contribution in [0.5, 0.6) is 0 Å². The molecule has 2 aromatic carbocycles. The van der Waals surface area contributed by atoms with Gasteiger partial charge in [-0.1, -0.05) is 36.4 Å². The van der Waals surface area contributed by atoms with Crippen molar-refractivity contribution < 1.29 is 9.53 Å². The number of methoxy groups -OCH3 is 1. The van der Waals surface area contributed by atoms with Gasteiger partial charge in [-0.3, -0.25) is 0 Å². The fourth-order valence-electron chi connectivity index (χ4n) is 1.86. The first-order chi connectivity index (χ1) is 10.1. The number of nitrogens with two attached hydrogens (primary N) is 1. The number of carbonyl (C=O) groups is 1. The molecule has 0 radical (unpaired) electrons. The largest absolute Gasteiger partial charge is 0.465 e. The third kappa shape index (κ3) is 3.57. The van der Waals surface area contributed by atoms with Crippen LogP contribution in [0.2, 0.25) is 0 Å². The zero-order valence-electron chi connectivity index (χ0n) is 11.7. The van der Waals surface area contributed by atoms with Crippen molar-refractivity contribution in [3.8, 4) is 0 Å². The van der Waals surface area contributed by atoms with E-state index in [1.54, 1.807) is 42.5 Å². The van der Waals surface area contributed by atoms with Crippen LogP contribution in [-0.2, 0) is 4.74 Å². The molecule has 4 nitrogen and oxygen atoms in total. The van der Waals surface area contributed by atoms with Gasteiger partial charge in [0, 0.05) is 11.3 Å². The average molecular weight is 280 g/mol. The molecule has 3 N–H and O–H groups in total. The highest BCUT2D eigenvalue weighted by atomic mass is 16.5. The molecule has 0 amide bonds. The third-order valence-corrected chi connectivity index (χ3v) is 3.03. The van der Waals surface area contributed by atoms with Crippen molar-refractivity contribution in [1.82, 2.24) is 0 Å². The Morgan fingerprint density at radius 1 is 1.14 bits per heavy atom. The van der Waals surface area contributed by atoms with E-state index < -0.39 is 0 Å². The molecule has 0 bridgehead atoms. The zero-order valence-corrected chi connectivity index (χ0v) is 11.7. The van der Waals surface area contributed by atoms with Gasteiger partial charge >= 0.3 is 5.97 Å². The van der Waals surface area contributed by atoms with Crippen molar-refractivity contribution in [1.29, 1.82) is 5.41 Å². The maximum Gasteiger partial charge on any atom is 0.337 e. The Kier molecular flexibility index (Phi) is 4.51. The van der Waals surface area contributed by atoms with Crippen LogP contribution in [0.15, 0.2) is 54.6 Å². The lowest BCUT2D eigenvalue weighted by atomic mass is 10.1. The van der Waals surface area contributed by atoms with Gasteiger partial charge in [-0.2, -0.15) is 0 Å². The van der Waals surface area contributed by atoms with E-state index in [0.717, 1.165) is 5.56 Å². The summed E-state index contributed by atoms with van der Waals surface area (Å²) in [6.07, 6.45) is 3.48. The van der Waals surface area contributed by atoms with Crippen LogP contribution < -0.4 is 5.73 Å². The minimum atomic E-state index is -0.365. The molecule has 0 aliphatic heterocycles. The molecule has 0 saturated carbocycles. The Balaban J connectivity index is 2.13. The lowest BCUT2D eigenvalue weighted by molar-refractivity contribution is 0.0600. The number of para-hydroxylation sites is 1. The Bertz CT molecular complexity index is 688. The molecule has 0 spiro atoms. The average Bonchev–Trinajstić information content (AvgIpc) is 2.52. The summed E-state index contributed by atoms with van der Waals surface area (Å²) in [6, 6.07) is 14.2. The van der Waals surface area contributed by atoms with Gasteiger partial charge in [-0.05, 0) is 29.8 Å². The summed E-state index contributed by atoms with van der Waals surface area (Å²) < 4.78 is 4.64. The predicted molar refractivity (Wildman–Crippen MR) is 84.5 cm³/mol. The third-order valence-electron chi connectivity index (χ3n) is 3.03. The highest BCUT2D eigenvalue weighted by Crippen LogP contribution is 2.13. The van der Waals surface area contributed by atoms with Crippen LogP contribution in [0.4, 0.5) is 5.69 Å². The number of nitrogen functional groups attached to an aromatic ring is 1. The van der Waals surface area contributed by atoms with Crippen LogP contribution >= 0.6 is 0 Å². The van der Waals surface area contributed by atoms with Gasteiger partial charge in [0.1, 0.15) is 0 Å². The van der Waals surface area contributed by atoms with E-state index in [1.807, 2.05) is 18.2 Å². The van der Waals surface area contributed by atoms with Gasteiger partial charge in [-0.25, -0.2) is 4.79 Å². The van der Waals surface area contributed by atoms with Crippen LogP contribution in [0.3, 0.4) is 0 Å². The van der Waals surface area contributed by atoms with E-state index in [2.05, 4.69) is 4.74 Å². The van der Waals surface area contributed by atoms with Gasteiger partial charge in [0.2, 0.25) is 0 Å². The second-order valence-electron chi connectivity index (χ2n) is 4.45. The van der Waals surface area contributed by atoms with Gasteiger partial charge in [0.05, 0.1) is 18.4 Å². The first-order valence-corrected chi connectivity index (χ1v) is 6.41. The molecule has 0 aliphatic carbocycles. The van der Waals surface area contributed by atoms with Gasteiger partial charge in [-0.15, -0.1) is 0 Å². The molecular weight excluding hydrogens is 264 g/mol. The maximum absolute atomic E-state index is 11.3. The number of hydrogen-bond donors (Lipinski definition) is 2. The van der Waals surface area contributed by atoms with Crippen LogP contribution in [0.25, 0.3) is 6.08 Å². The highest BCUT2D eigenvalue weighted by Gasteiger charge is 2.04. The molecule has 0 unspecified atom stereocenters. The fourth-order valence-corrected chi connectivity index (χ4v) is 1.86. The summed E-state index contributed by atoms with van der Waals surface area (Å²) in [5.41, 5.74) is 8.83. The van der Waals surface area contributed by atoms with E-state index in [-0.39, 0.29) is 5.97 Å². The normalized spacial score (nSPS) is 10.5. The van der Waals surface area contributed by atoms with Crippen molar-refractivity contribution in [2.75, 3.05) is 12.8 Å². The van der Waals surface area contributed by atoms with Crippen LogP contribution in [0.1, 0.15) is 21.5 Å². The van der Waals surface area contributed by atoms with Crippen molar-refractivity contribution in [3.63, 3.8) is 0 Å². The van der Waals surface area contributed by atoms with Crippen LogP contribution in [0, 0.1) is 5.41 Å². The summed E-state index contributed by atoms with van der Waals surface area (Å²) >= 11 is 0. The molecule has 0 aromatic heterocycles.